The number of aliphatic hydroxyl groups excluding tert-OH is 2. The number of carbonyl (C=O) groups is 2. The minimum Gasteiger partial charge on any atom is -0.396 e. The number of halogens is 4. The van der Waals surface area contributed by atoms with Crippen molar-refractivity contribution in [3.05, 3.63) is 69.4 Å². The lowest BCUT2D eigenvalue weighted by molar-refractivity contribution is -0.110. The van der Waals surface area contributed by atoms with E-state index in [1.165, 1.54) is 18.2 Å². The maximum Gasteiger partial charge on any atom is 0.211 e. The van der Waals surface area contributed by atoms with Gasteiger partial charge in [-0.05, 0) is 60.9 Å². The van der Waals surface area contributed by atoms with E-state index in [-0.39, 0.29) is 28.5 Å². The number of rotatable bonds is 12. The van der Waals surface area contributed by atoms with Gasteiger partial charge in [-0.1, -0.05) is 76.9 Å². The van der Waals surface area contributed by atoms with Gasteiger partial charge in [-0.3, -0.25) is 9.59 Å². The number of hydrogen-bond acceptors (Lipinski definition) is 5. The standard InChI is InChI=1S/C18H18Cl2F2N2O.C6H13NO3.C5H12.C2H6/c1-11(24-10-25)6-15(19)17(21)5-3-13-8-23-9-14(13)12-2-4-18(22)16(20)7-12;8-4-2-6(10)1-3-7-5-9;1-5(2,3)4;1-2/h2-7,10,13-14,23H,8-9H2,1H3,(H,24,25);5-6,8,10H,1-4H2,(H,7,9);1-4H3;1-2H3/b5-3+,11-6+,17-15-;;;/t13-,14-;6-;;/m11../s1. The first-order valence-corrected chi connectivity index (χ1v) is 14.7. The number of nitrogens with one attached hydrogen (secondary N) is 3. The zero-order valence-electron chi connectivity index (χ0n) is 25.8. The van der Waals surface area contributed by atoms with Gasteiger partial charge in [0.05, 0.1) is 16.2 Å². The Balaban J connectivity index is 0. The summed E-state index contributed by atoms with van der Waals surface area (Å²) in [6.07, 6.45) is 5.83. The fraction of sp³-hybridized carbons (Fsp3) is 0.548. The van der Waals surface area contributed by atoms with Gasteiger partial charge in [-0.2, -0.15) is 0 Å². The van der Waals surface area contributed by atoms with Crippen molar-refractivity contribution < 1.29 is 28.6 Å². The highest BCUT2D eigenvalue weighted by molar-refractivity contribution is 6.31. The molecule has 0 unspecified atom stereocenters. The number of benzene rings is 1. The van der Waals surface area contributed by atoms with Crippen LogP contribution in [-0.2, 0) is 9.59 Å². The largest absolute Gasteiger partial charge is 0.396 e. The normalized spacial score (nSPS) is 17.8. The molecule has 2 amide bonds. The molecule has 1 heterocycles. The summed E-state index contributed by atoms with van der Waals surface area (Å²) in [5.41, 5.74) is 1.83. The maximum atomic E-state index is 14.1. The van der Waals surface area contributed by atoms with Gasteiger partial charge < -0.3 is 26.2 Å². The summed E-state index contributed by atoms with van der Waals surface area (Å²) in [5, 5.41) is 25.3. The predicted octanol–water partition coefficient (Wildman–Crippen LogP) is 6.35. The van der Waals surface area contributed by atoms with Crippen molar-refractivity contribution in [1.29, 1.82) is 0 Å². The Morgan fingerprint density at radius 3 is 2.31 bits per heavy atom. The van der Waals surface area contributed by atoms with Crippen molar-refractivity contribution in [3.8, 4) is 0 Å². The average molecular weight is 637 g/mol. The summed E-state index contributed by atoms with van der Waals surface area (Å²) in [7, 11) is 0. The third-order valence-electron chi connectivity index (χ3n) is 5.15. The van der Waals surface area contributed by atoms with Crippen LogP contribution in [0.15, 0.2) is 53.0 Å². The lowest BCUT2D eigenvalue weighted by Crippen LogP contribution is -2.19. The van der Waals surface area contributed by atoms with Gasteiger partial charge in [0, 0.05) is 37.9 Å². The van der Waals surface area contributed by atoms with Crippen molar-refractivity contribution in [2.45, 2.75) is 73.3 Å². The number of amides is 2. The molecule has 11 heteroatoms. The van der Waals surface area contributed by atoms with E-state index in [4.69, 9.17) is 33.4 Å². The fourth-order valence-electron chi connectivity index (χ4n) is 3.29. The minimum atomic E-state index is -0.600. The first-order valence-electron chi connectivity index (χ1n) is 14.0. The van der Waals surface area contributed by atoms with Crippen LogP contribution >= 0.6 is 23.2 Å². The van der Waals surface area contributed by atoms with E-state index in [1.54, 1.807) is 25.1 Å². The van der Waals surface area contributed by atoms with Crippen LogP contribution in [0.2, 0.25) is 5.02 Å². The lowest BCUT2D eigenvalue weighted by Gasteiger charge is -2.16. The Morgan fingerprint density at radius 1 is 1.17 bits per heavy atom. The molecule has 2 rings (SSSR count). The lowest BCUT2D eigenvalue weighted by atomic mass is 9.88. The highest BCUT2D eigenvalue weighted by Crippen LogP contribution is 2.32. The molecule has 0 aromatic heterocycles. The van der Waals surface area contributed by atoms with Gasteiger partial charge in [0.2, 0.25) is 12.8 Å². The van der Waals surface area contributed by atoms with E-state index in [0.29, 0.717) is 56.4 Å². The molecule has 1 aliphatic heterocycles. The van der Waals surface area contributed by atoms with E-state index < -0.39 is 17.7 Å². The Labute approximate surface area is 260 Å². The van der Waals surface area contributed by atoms with Crippen molar-refractivity contribution in [1.82, 2.24) is 16.0 Å². The molecule has 1 aromatic rings. The van der Waals surface area contributed by atoms with E-state index in [0.717, 1.165) is 5.56 Å². The fourth-order valence-corrected chi connectivity index (χ4v) is 3.71. The molecule has 7 nitrogen and oxygen atoms in total. The van der Waals surface area contributed by atoms with E-state index in [2.05, 4.69) is 43.6 Å². The summed E-state index contributed by atoms with van der Waals surface area (Å²) in [4.78, 5) is 20.0. The Kier molecular flexibility index (Phi) is 24.1. The van der Waals surface area contributed by atoms with Crippen LogP contribution in [-0.4, -0.2) is 55.4 Å². The Morgan fingerprint density at radius 2 is 1.79 bits per heavy atom. The molecule has 5 N–H and O–H groups in total. The SMILES string of the molecule is CC.CC(C)(C)C.C\C(=C/C(Cl)=C(F)\C=C\[C@@H]1CNC[C@@H]1c1ccc(F)c(Cl)c1)NC=O.O=CNCC[C@@H](O)CCO. The number of carbonyl (C=O) groups excluding carboxylic acids is 2. The van der Waals surface area contributed by atoms with Crippen LogP contribution in [0.3, 0.4) is 0 Å². The summed E-state index contributed by atoms with van der Waals surface area (Å²) < 4.78 is 27.4. The molecule has 1 aromatic carbocycles. The highest BCUT2D eigenvalue weighted by Gasteiger charge is 2.27. The monoisotopic (exact) mass is 635 g/mol. The molecule has 1 saturated heterocycles. The molecule has 0 aliphatic carbocycles. The van der Waals surface area contributed by atoms with Gasteiger partial charge in [-0.15, -0.1) is 0 Å². The summed E-state index contributed by atoms with van der Waals surface area (Å²) in [5.74, 6) is -0.975. The molecule has 0 saturated carbocycles. The van der Waals surface area contributed by atoms with Crippen molar-refractivity contribution in [3.63, 3.8) is 0 Å². The van der Waals surface area contributed by atoms with Gasteiger partial charge in [-0.25, -0.2) is 8.78 Å². The zero-order valence-corrected chi connectivity index (χ0v) is 27.3. The van der Waals surface area contributed by atoms with Gasteiger partial charge in [0.15, 0.2) is 0 Å². The van der Waals surface area contributed by atoms with Crippen molar-refractivity contribution in [2.24, 2.45) is 11.3 Å². The second kappa shape index (κ2) is 24.2. The molecular weight excluding hydrogens is 587 g/mol. The molecule has 3 atom stereocenters. The predicted molar refractivity (Wildman–Crippen MR) is 169 cm³/mol. The van der Waals surface area contributed by atoms with Crippen LogP contribution < -0.4 is 16.0 Å². The molecule has 240 valence electrons. The number of aliphatic hydroxyl groups is 2. The molecule has 1 aliphatic rings. The topological polar surface area (TPSA) is 111 Å². The molecule has 0 spiro atoms. The van der Waals surface area contributed by atoms with Crippen LogP contribution in [0, 0.1) is 17.2 Å². The smallest absolute Gasteiger partial charge is 0.211 e. The second-order valence-electron chi connectivity index (χ2n) is 10.8. The van der Waals surface area contributed by atoms with Crippen LogP contribution in [0.5, 0.6) is 0 Å². The zero-order chi connectivity index (χ0) is 32.7. The Bertz CT molecular complexity index is 993. The number of hydrogen-bond donors (Lipinski definition) is 5. The molecule has 1 fully saturated rings. The van der Waals surface area contributed by atoms with E-state index in [1.807, 2.05) is 13.8 Å². The third kappa shape index (κ3) is 21.4. The van der Waals surface area contributed by atoms with Gasteiger partial charge in [0.1, 0.15) is 11.6 Å². The average Bonchev–Trinajstić information content (AvgIpc) is 3.38. The van der Waals surface area contributed by atoms with E-state index >= 15 is 0 Å². The van der Waals surface area contributed by atoms with Gasteiger partial charge in [0.25, 0.3) is 0 Å². The van der Waals surface area contributed by atoms with Crippen molar-refractivity contribution >= 4 is 36.0 Å². The molecule has 0 radical (unpaired) electrons. The van der Waals surface area contributed by atoms with Gasteiger partial charge >= 0.3 is 0 Å². The van der Waals surface area contributed by atoms with Crippen LogP contribution in [0.25, 0.3) is 0 Å². The third-order valence-corrected chi connectivity index (χ3v) is 5.73. The van der Waals surface area contributed by atoms with Crippen LogP contribution in [0.4, 0.5) is 8.78 Å². The highest BCUT2D eigenvalue weighted by atomic mass is 35.5. The quantitative estimate of drug-likeness (QED) is 0.104. The molecule has 0 bridgehead atoms. The second-order valence-corrected chi connectivity index (χ2v) is 11.6. The number of allylic oxidation sites excluding steroid dienone is 5. The molecular formula is C31H49Cl2F2N3O4. The molecule has 42 heavy (non-hydrogen) atoms. The summed E-state index contributed by atoms with van der Waals surface area (Å²) in [6, 6.07) is 4.63. The Hall–Kier alpha value is -2.30. The minimum absolute atomic E-state index is 0.0117. The summed E-state index contributed by atoms with van der Waals surface area (Å²) >= 11 is 11.7. The first kappa shape index (κ1) is 41.8. The van der Waals surface area contributed by atoms with E-state index in [9.17, 15) is 18.4 Å². The van der Waals surface area contributed by atoms with Crippen LogP contribution in [0.1, 0.15) is 72.8 Å². The first-order chi connectivity index (χ1) is 19.7. The van der Waals surface area contributed by atoms with Crippen molar-refractivity contribution in [2.75, 3.05) is 26.2 Å². The summed E-state index contributed by atoms with van der Waals surface area (Å²) in [6.45, 7) is 16.2. The maximum absolute atomic E-state index is 14.1.